The Balaban J connectivity index is 2.47. The van der Waals surface area contributed by atoms with E-state index >= 15 is 0 Å². The zero-order valence-corrected chi connectivity index (χ0v) is 10.4. The van der Waals surface area contributed by atoms with Gasteiger partial charge >= 0.3 is 5.97 Å². The Kier molecular flexibility index (Phi) is 3.32. The lowest BCUT2D eigenvalue weighted by Gasteiger charge is -2.04. The van der Waals surface area contributed by atoms with Gasteiger partial charge in [0.05, 0.1) is 6.61 Å². The van der Waals surface area contributed by atoms with Gasteiger partial charge in [-0.2, -0.15) is 0 Å². The lowest BCUT2D eigenvalue weighted by molar-refractivity contribution is 0.0515. The first kappa shape index (κ1) is 12.2. The van der Waals surface area contributed by atoms with Gasteiger partial charge in [-0.3, -0.25) is 9.66 Å². The fraction of sp³-hybridized carbons (Fsp3) is 0.231. The standard InChI is InChI=1S/C13H15N3O2/c1-3-18-13(17)12-9(2)11(8-16(12)14)10-5-4-6-15-7-10/h4-8H,3,14H2,1-2H3. The molecule has 2 aromatic rings. The van der Waals surface area contributed by atoms with Crippen molar-refractivity contribution in [1.82, 2.24) is 9.66 Å². The molecule has 18 heavy (non-hydrogen) atoms. The smallest absolute Gasteiger partial charge is 0.357 e. The van der Waals surface area contributed by atoms with Crippen LogP contribution in [-0.2, 0) is 4.74 Å². The number of aromatic nitrogens is 2. The van der Waals surface area contributed by atoms with E-state index in [4.69, 9.17) is 10.6 Å². The Morgan fingerprint density at radius 3 is 2.94 bits per heavy atom. The van der Waals surface area contributed by atoms with Gasteiger partial charge in [0.15, 0.2) is 5.69 Å². The first-order valence-electron chi connectivity index (χ1n) is 5.69. The molecule has 0 amide bonds. The van der Waals surface area contributed by atoms with Crippen molar-refractivity contribution in [2.45, 2.75) is 13.8 Å². The van der Waals surface area contributed by atoms with Crippen molar-refractivity contribution in [3.63, 3.8) is 0 Å². The van der Waals surface area contributed by atoms with Crippen molar-refractivity contribution >= 4 is 5.97 Å². The van der Waals surface area contributed by atoms with E-state index < -0.39 is 5.97 Å². The van der Waals surface area contributed by atoms with Gasteiger partial charge in [0.25, 0.3) is 0 Å². The molecule has 2 heterocycles. The van der Waals surface area contributed by atoms with E-state index in [0.29, 0.717) is 12.3 Å². The summed E-state index contributed by atoms with van der Waals surface area (Å²) in [5.74, 6) is 5.40. The zero-order chi connectivity index (χ0) is 13.1. The normalized spacial score (nSPS) is 10.3. The summed E-state index contributed by atoms with van der Waals surface area (Å²) >= 11 is 0. The van der Waals surface area contributed by atoms with Crippen LogP contribution in [0.2, 0.25) is 0 Å². The van der Waals surface area contributed by atoms with Gasteiger partial charge in [-0.05, 0) is 25.5 Å². The molecular formula is C13H15N3O2. The molecule has 0 unspecified atom stereocenters. The minimum absolute atomic E-state index is 0.325. The molecule has 0 aliphatic carbocycles. The van der Waals surface area contributed by atoms with E-state index in [1.807, 2.05) is 19.1 Å². The zero-order valence-electron chi connectivity index (χ0n) is 10.4. The second kappa shape index (κ2) is 4.91. The fourth-order valence-corrected chi connectivity index (χ4v) is 1.89. The van der Waals surface area contributed by atoms with Gasteiger partial charge in [0.1, 0.15) is 0 Å². The molecular weight excluding hydrogens is 230 g/mol. The van der Waals surface area contributed by atoms with Crippen LogP contribution in [0.1, 0.15) is 23.0 Å². The average Bonchev–Trinajstić information content (AvgIpc) is 2.66. The Hall–Kier alpha value is -2.30. The van der Waals surface area contributed by atoms with E-state index in [-0.39, 0.29) is 0 Å². The van der Waals surface area contributed by atoms with Crippen molar-refractivity contribution in [3.05, 3.63) is 42.0 Å². The molecule has 0 saturated heterocycles. The molecule has 5 nitrogen and oxygen atoms in total. The van der Waals surface area contributed by atoms with Gasteiger partial charge in [0.2, 0.25) is 0 Å². The van der Waals surface area contributed by atoms with Crippen molar-refractivity contribution in [2.24, 2.45) is 0 Å². The number of hydrogen-bond acceptors (Lipinski definition) is 4. The Labute approximate surface area is 105 Å². The first-order valence-corrected chi connectivity index (χ1v) is 5.69. The molecule has 0 spiro atoms. The lowest BCUT2D eigenvalue weighted by Crippen LogP contribution is -2.18. The lowest BCUT2D eigenvalue weighted by atomic mass is 10.1. The second-order valence-corrected chi connectivity index (χ2v) is 3.89. The number of ether oxygens (including phenoxy) is 1. The molecule has 5 heteroatoms. The Morgan fingerprint density at radius 2 is 2.33 bits per heavy atom. The molecule has 0 bridgehead atoms. The summed E-state index contributed by atoms with van der Waals surface area (Å²) in [4.78, 5) is 15.8. The molecule has 0 aliphatic heterocycles. The van der Waals surface area contributed by atoms with Crippen LogP contribution >= 0.6 is 0 Å². The number of esters is 1. The number of nitrogens with zero attached hydrogens (tertiary/aromatic N) is 2. The van der Waals surface area contributed by atoms with Crippen LogP contribution in [0, 0.1) is 6.92 Å². The van der Waals surface area contributed by atoms with Crippen LogP contribution in [0.3, 0.4) is 0 Å². The summed E-state index contributed by atoms with van der Waals surface area (Å²) in [6.07, 6.45) is 5.14. The van der Waals surface area contributed by atoms with Gasteiger partial charge < -0.3 is 10.6 Å². The van der Waals surface area contributed by atoms with Gasteiger partial charge in [-0.15, -0.1) is 0 Å². The van der Waals surface area contributed by atoms with E-state index in [0.717, 1.165) is 16.7 Å². The van der Waals surface area contributed by atoms with Crippen LogP contribution in [0.4, 0.5) is 0 Å². The highest BCUT2D eigenvalue weighted by Gasteiger charge is 2.19. The van der Waals surface area contributed by atoms with Crippen LogP contribution < -0.4 is 5.84 Å². The topological polar surface area (TPSA) is 70.1 Å². The summed E-state index contributed by atoms with van der Waals surface area (Å²) in [5.41, 5.74) is 2.97. The predicted molar refractivity (Wildman–Crippen MR) is 68.5 cm³/mol. The summed E-state index contributed by atoms with van der Waals surface area (Å²) < 4.78 is 6.28. The third kappa shape index (κ3) is 2.07. The van der Waals surface area contributed by atoms with Crippen molar-refractivity contribution in [3.8, 4) is 11.1 Å². The third-order valence-electron chi connectivity index (χ3n) is 2.73. The fourth-order valence-electron chi connectivity index (χ4n) is 1.89. The summed E-state index contributed by atoms with van der Waals surface area (Å²) in [7, 11) is 0. The SMILES string of the molecule is CCOC(=O)c1c(C)c(-c2cccnc2)cn1N. The maximum Gasteiger partial charge on any atom is 0.357 e. The van der Waals surface area contributed by atoms with Gasteiger partial charge in [-0.1, -0.05) is 6.07 Å². The molecule has 2 N–H and O–H groups in total. The first-order chi connectivity index (χ1) is 8.65. The highest BCUT2D eigenvalue weighted by molar-refractivity contribution is 5.92. The van der Waals surface area contributed by atoms with Crippen molar-refractivity contribution < 1.29 is 9.53 Å². The summed E-state index contributed by atoms with van der Waals surface area (Å²) in [5, 5.41) is 0. The average molecular weight is 245 g/mol. The number of hydrogen-bond donors (Lipinski definition) is 1. The Bertz CT molecular complexity index is 561. The molecule has 94 valence electrons. The van der Waals surface area contributed by atoms with Crippen molar-refractivity contribution in [1.29, 1.82) is 0 Å². The number of carbonyl (C=O) groups is 1. The molecule has 2 rings (SSSR count). The number of nitrogen functional groups attached to an aromatic ring is 1. The second-order valence-electron chi connectivity index (χ2n) is 3.89. The summed E-state index contributed by atoms with van der Waals surface area (Å²) in [6, 6.07) is 3.76. The largest absolute Gasteiger partial charge is 0.461 e. The van der Waals surface area contributed by atoms with E-state index in [1.54, 1.807) is 25.5 Å². The molecule has 0 aromatic carbocycles. The highest BCUT2D eigenvalue weighted by Crippen LogP contribution is 2.26. The van der Waals surface area contributed by atoms with Crippen LogP contribution in [0.15, 0.2) is 30.7 Å². The molecule has 2 aromatic heterocycles. The summed E-state index contributed by atoms with van der Waals surface area (Å²) in [6.45, 7) is 3.93. The quantitative estimate of drug-likeness (QED) is 0.660. The van der Waals surface area contributed by atoms with E-state index in [9.17, 15) is 4.79 Å². The molecule has 0 saturated carbocycles. The van der Waals surface area contributed by atoms with Crippen molar-refractivity contribution in [2.75, 3.05) is 12.4 Å². The van der Waals surface area contributed by atoms with Gasteiger partial charge in [-0.25, -0.2) is 4.79 Å². The van der Waals surface area contributed by atoms with Crippen LogP contribution in [0.5, 0.6) is 0 Å². The number of pyridine rings is 1. The van der Waals surface area contributed by atoms with E-state index in [2.05, 4.69) is 4.98 Å². The maximum absolute atomic E-state index is 11.8. The molecule has 0 fully saturated rings. The minimum Gasteiger partial charge on any atom is -0.461 e. The number of rotatable bonds is 3. The molecule has 0 atom stereocenters. The number of carbonyl (C=O) groups excluding carboxylic acids is 1. The predicted octanol–water partition coefficient (Wildman–Crippen LogP) is 1.75. The Morgan fingerprint density at radius 1 is 1.56 bits per heavy atom. The van der Waals surface area contributed by atoms with Gasteiger partial charge in [0, 0.05) is 29.7 Å². The highest BCUT2D eigenvalue weighted by atomic mass is 16.5. The van der Waals surface area contributed by atoms with Crippen LogP contribution in [0.25, 0.3) is 11.1 Å². The minimum atomic E-state index is -0.410. The number of nitrogens with two attached hydrogens (primary N) is 1. The maximum atomic E-state index is 11.8. The third-order valence-corrected chi connectivity index (χ3v) is 2.73. The molecule has 0 aliphatic rings. The monoisotopic (exact) mass is 245 g/mol. The molecule has 0 radical (unpaired) electrons. The van der Waals surface area contributed by atoms with E-state index in [1.165, 1.54) is 4.68 Å². The van der Waals surface area contributed by atoms with Crippen LogP contribution in [-0.4, -0.2) is 22.2 Å².